The topological polar surface area (TPSA) is 74.3 Å². The lowest BCUT2D eigenvalue weighted by molar-refractivity contribution is 0.0313. The number of para-hydroxylation sites is 1. The van der Waals surface area contributed by atoms with Crippen LogP contribution in [0.25, 0.3) is 10.9 Å². The van der Waals surface area contributed by atoms with Crippen LogP contribution in [-0.4, -0.2) is 27.4 Å². The molecule has 0 aliphatic carbocycles. The highest BCUT2D eigenvalue weighted by Gasteiger charge is 2.25. The number of ketones is 1. The van der Waals surface area contributed by atoms with Crippen LogP contribution in [0.5, 0.6) is 0 Å². The molecule has 3 aromatic heterocycles. The summed E-state index contributed by atoms with van der Waals surface area (Å²) in [7, 11) is 0. The van der Waals surface area contributed by atoms with Crippen LogP contribution < -0.4 is 0 Å². The number of benzene rings is 1. The van der Waals surface area contributed by atoms with Crippen LogP contribution in [0.1, 0.15) is 44.9 Å². The molecular formula is C24H22N2O4. The smallest absolute Gasteiger partial charge is 0.357 e. The third-order valence-electron chi connectivity index (χ3n) is 5.19. The molecule has 0 unspecified atom stereocenters. The Hall–Kier alpha value is -3.67. The van der Waals surface area contributed by atoms with E-state index in [4.69, 9.17) is 9.15 Å². The van der Waals surface area contributed by atoms with Crippen molar-refractivity contribution in [1.82, 2.24) is 9.55 Å². The Labute approximate surface area is 174 Å². The molecule has 1 atom stereocenters. The fraction of sp³-hybridized carbons (Fsp3) is 0.208. The zero-order chi connectivity index (χ0) is 21.3. The minimum atomic E-state index is -0.927. The van der Waals surface area contributed by atoms with Crippen molar-refractivity contribution < 1.29 is 18.7 Å². The number of hydrogen-bond donors (Lipinski definition) is 0. The summed E-state index contributed by atoms with van der Waals surface area (Å²) in [4.78, 5) is 29.9. The molecule has 152 valence electrons. The van der Waals surface area contributed by atoms with Gasteiger partial charge in [0.25, 0.3) is 0 Å². The maximum atomic E-state index is 13.0. The Morgan fingerprint density at radius 3 is 2.67 bits per heavy atom. The first-order chi connectivity index (χ1) is 14.4. The van der Waals surface area contributed by atoms with Gasteiger partial charge in [0, 0.05) is 22.3 Å². The highest BCUT2D eigenvalue weighted by atomic mass is 16.5. The summed E-state index contributed by atoms with van der Waals surface area (Å²) in [6, 6.07) is 16.5. The van der Waals surface area contributed by atoms with Crippen LogP contribution in [0.3, 0.4) is 0 Å². The molecule has 0 saturated carbocycles. The molecule has 4 aromatic rings. The molecule has 30 heavy (non-hydrogen) atoms. The highest BCUT2D eigenvalue weighted by molar-refractivity contribution is 6.02. The van der Waals surface area contributed by atoms with E-state index in [-0.39, 0.29) is 11.5 Å². The molecule has 4 rings (SSSR count). The Bertz CT molecular complexity index is 1220. The maximum Gasteiger partial charge on any atom is 0.357 e. The predicted molar refractivity (Wildman–Crippen MR) is 113 cm³/mol. The molecule has 0 bridgehead atoms. The van der Waals surface area contributed by atoms with Gasteiger partial charge in [-0.3, -0.25) is 4.79 Å². The van der Waals surface area contributed by atoms with E-state index >= 15 is 0 Å². The highest BCUT2D eigenvalue weighted by Crippen LogP contribution is 2.20. The van der Waals surface area contributed by atoms with Crippen LogP contribution in [0, 0.1) is 13.8 Å². The molecule has 0 amide bonds. The minimum absolute atomic E-state index is 0.177. The average molecular weight is 402 g/mol. The minimum Gasteiger partial charge on any atom is -0.467 e. The normalized spacial score (nSPS) is 12.1. The SMILES string of the molecule is Cc1cc(C(=O)[C@@H](C)OC(=O)c2ccc3ccccc3n2)c(C)n1Cc1ccco1. The van der Waals surface area contributed by atoms with E-state index in [0.717, 1.165) is 22.5 Å². The lowest BCUT2D eigenvalue weighted by atomic mass is 10.1. The van der Waals surface area contributed by atoms with E-state index < -0.39 is 12.1 Å². The predicted octanol–water partition coefficient (Wildman–Crippen LogP) is 4.72. The van der Waals surface area contributed by atoms with Crippen LogP contribution in [0.15, 0.2) is 65.3 Å². The average Bonchev–Trinajstić information content (AvgIpc) is 3.36. The quantitative estimate of drug-likeness (QED) is 0.345. The van der Waals surface area contributed by atoms with E-state index in [1.807, 2.05) is 66.9 Å². The van der Waals surface area contributed by atoms with Crippen molar-refractivity contribution in [3.05, 3.63) is 89.3 Å². The van der Waals surface area contributed by atoms with E-state index in [0.29, 0.717) is 17.6 Å². The van der Waals surface area contributed by atoms with Gasteiger partial charge in [0.1, 0.15) is 11.5 Å². The lowest BCUT2D eigenvalue weighted by Gasteiger charge is -2.13. The van der Waals surface area contributed by atoms with Crippen molar-refractivity contribution in [2.75, 3.05) is 0 Å². The number of pyridine rings is 1. The summed E-state index contributed by atoms with van der Waals surface area (Å²) in [6.07, 6.45) is 0.695. The monoisotopic (exact) mass is 402 g/mol. The third-order valence-corrected chi connectivity index (χ3v) is 5.19. The lowest BCUT2D eigenvalue weighted by Crippen LogP contribution is -2.25. The van der Waals surface area contributed by atoms with Crippen molar-refractivity contribution in [2.45, 2.75) is 33.4 Å². The number of esters is 1. The molecule has 3 heterocycles. The Kier molecular flexibility index (Phi) is 5.23. The summed E-state index contributed by atoms with van der Waals surface area (Å²) in [6.45, 7) is 5.93. The van der Waals surface area contributed by atoms with Crippen molar-refractivity contribution in [1.29, 1.82) is 0 Å². The number of rotatable bonds is 6. The molecule has 0 saturated heterocycles. The van der Waals surface area contributed by atoms with Gasteiger partial charge in [0.05, 0.1) is 18.3 Å². The van der Waals surface area contributed by atoms with Crippen molar-refractivity contribution >= 4 is 22.7 Å². The number of aryl methyl sites for hydroxylation is 1. The number of ether oxygens (including phenoxy) is 1. The number of aromatic nitrogens is 2. The molecule has 0 aliphatic rings. The molecule has 6 heteroatoms. The van der Waals surface area contributed by atoms with E-state index in [2.05, 4.69) is 4.98 Å². The van der Waals surface area contributed by atoms with Crippen molar-refractivity contribution in [3.63, 3.8) is 0 Å². The summed E-state index contributed by atoms with van der Waals surface area (Å²) < 4.78 is 12.9. The van der Waals surface area contributed by atoms with Crippen LogP contribution in [0.2, 0.25) is 0 Å². The van der Waals surface area contributed by atoms with Gasteiger partial charge in [-0.2, -0.15) is 0 Å². The largest absolute Gasteiger partial charge is 0.467 e. The standard InChI is InChI=1S/C24H22N2O4/c1-15-13-20(16(2)26(15)14-19-8-6-12-29-19)23(27)17(3)30-24(28)22-11-10-18-7-4-5-9-21(18)25-22/h4-13,17H,14H2,1-3H3/t17-/m1/s1. The van der Waals surface area contributed by atoms with Crippen molar-refractivity contribution in [3.8, 4) is 0 Å². The van der Waals surface area contributed by atoms with Gasteiger partial charge in [-0.05, 0) is 51.1 Å². The van der Waals surface area contributed by atoms with Crippen molar-refractivity contribution in [2.24, 2.45) is 0 Å². The Balaban J connectivity index is 1.51. The zero-order valence-corrected chi connectivity index (χ0v) is 17.1. The molecule has 1 aromatic carbocycles. The molecule has 0 spiro atoms. The molecule has 0 radical (unpaired) electrons. The summed E-state index contributed by atoms with van der Waals surface area (Å²) in [5.74, 6) is -0.0633. The third kappa shape index (κ3) is 3.76. The number of fused-ring (bicyclic) bond motifs is 1. The molecule has 0 fully saturated rings. The second-order valence-corrected chi connectivity index (χ2v) is 7.25. The first-order valence-corrected chi connectivity index (χ1v) is 9.74. The van der Waals surface area contributed by atoms with Gasteiger partial charge in [0.2, 0.25) is 5.78 Å². The van der Waals surface area contributed by atoms with Crippen LogP contribution >= 0.6 is 0 Å². The van der Waals surface area contributed by atoms with Gasteiger partial charge in [-0.15, -0.1) is 0 Å². The van der Waals surface area contributed by atoms with Crippen LogP contribution in [0.4, 0.5) is 0 Å². The van der Waals surface area contributed by atoms with Crippen LogP contribution in [-0.2, 0) is 11.3 Å². The fourth-order valence-electron chi connectivity index (χ4n) is 3.53. The second-order valence-electron chi connectivity index (χ2n) is 7.25. The number of hydrogen-bond acceptors (Lipinski definition) is 5. The summed E-state index contributed by atoms with van der Waals surface area (Å²) >= 11 is 0. The van der Waals surface area contributed by atoms with Gasteiger partial charge in [0.15, 0.2) is 6.10 Å². The Morgan fingerprint density at radius 2 is 1.90 bits per heavy atom. The Morgan fingerprint density at radius 1 is 1.10 bits per heavy atom. The number of Topliss-reactive ketones (excluding diaryl/α,β-unsaturated/α-hetero) is 1. The zero-order valence-electron chi connectivity index (χ0n) is 17.1. The number of nitrogens with zero attached hydrogens (tertiary/aromatic N) is 2. The summed E-state index contributed by atoms with van der Waals surface area (Å²) in [5.41, 5.74) is 3.15. The first-order valence-electron chi connectivity index (χ1n) is 9.74. The fourth-order valence-corrected chi connectivity index (χ4v) is 3.53. The van der Waals surface area contributed by atoms with E-state index in [1.165, 1.54) is 0 Å². The van der Waals surface area contributed by atoms with Gasteiger partial charge in [-0.25, -0.2) is 9.78 Å². The second kappa shape index (κ2) is 7.99. The van der Waals surface area contributed by atoms with E-state index in [1.54, 1.807) is 19.3 Å². The maximum absolute atomic E-state index is 13.0. The number of furan rings is 1. The molecule has 0 N–H and O–H groups in total. The van der Waals surface area contributed by atoms with Gasteiger partial charge < -0.3 is 13.7 Å². The van der Waals surface area contributed by atoms with Gasteiger partial charge in [-0.1, -0.05) is 24.3 Å². The molecule has 0 aliphatic heterocycles. The number of carbonyl (C=O) groups excluding carboxylic acids is 2. The number of carbonyl (C=O) groups is 2. The first kappa shape index (κ1) is 19.6. The van der Waals surface area contributed by atoms with E-state index in [9.17, 15) is 9.59 Å². The van der Waals surface area contributed by atoms with Gasteiger partial charge >= 0.3 is 5.97 Å². The summed E-state index contributed by atoms with van der Waals surface area (Å²) in [5, 5.41) is 0.933. The molecular weight excluding hydrogens is 380 g/mol. The molecule has 6 nitrogen and oxygen atoms in total.